The van der Waals surface area contributed by atoms with Crippen LogP contribution in [0.25, 0.3) is 0 Å². The Morgan fingerprint density at radius 1 is 1.29 bits per heavy atom. The summed E-state index contributed by atoms with van der Waals surface area (Å²) in [5.74, 6) is 1.04. The second-order valence-electron chi connectivity index (χ2n) is 4.63. The molecule has 1 aliphatic heterocycles. The maximum absolute atomic E-state index is 5.75. The molecule has 1 aromatic carbocycles. The number of nitrogens with zero attached hydrogens (tertiary/aromatic N) is 2. The quantitative estimate of drug-likeness (QED) is 0.833. The molecule has 0 saturated carbocycles. The van der Waals surface area contributed by atoms with Gasteiger partial charge in [-0.15, -0.1) is 5.10 Å². The first-order valence-corrected chi connectivity index (χ1v) is 6.10. The van der Waals surface area contributed by atoms with Crippen molar-refractivity contribution in [3.05, 3.63) is 34.9 Å². The van der Waals surface area contributed by atoms with Gasteiger partial charge in [0.25, 0.3) is 0 Å². The Bertz CT molecular complexity index is 486. The molecule has 2 rings (SSSR count). The van der Waals surface area contributed by atoms with Gasteiger partial charge in [0.1, 0.15) is 5.84 Å². The van der Waals surface area contributed by atoms with Crippen LogP contribution in [0, 0.1) is 19.8 Å². The summed E-state index contributed by atoms with van der Waals surface area (Å²) in [5, 5.41) is 8.35. The van der Waals surface area contributed by atoms with Crippen LogP contribution in [-0.4, -0.2) is 11.5 Å². The Morgan fingerprint density at radius 2 is 2.06 bits per heavy atom. The summed E-state index contributed by atoms with van der Waals surface area (Å²) < 4.78 is 0. The smallest absolute Gasteiger partial charge is 0.123 e. The number of hydrogen-bond donors (Lipinski definition) is 1. The summed E-state index contributed by atoms with van der Waals surface area (Å²) in [7, 11) is 0. The van der Waals surface area contributed by atoms with E-state index in [1.165, 1.54) is 16.7 Å². The van der Waals surface area contributed by atoms with Crippen LogP contribution in [0.1, 0.15) is 36.5 Å². The summed E-state index contributed by atoms with van der Waals surface area (Å²) in [6.07, 6.45) is 1.87. The van der Waals surface area contributed by atoms with Crippen molar-refractivity contribution < 1.29 is 0 Å². The fourth-order valence-electron chi connectivity index (χ4n) is 2.23. The summed E-state index contributed by atoms with van der Waals surface area (Å²) in [6.45, 7) is 6.44. The van der Waals surface area contributed by atoms with Crippen molar-refractivity contribution in [3.8, 4) is 0 Å². The third-order valence-corrected chi connectivity index (χ3v) is 3.50. The van der Waals surface area contributed by atoms with E-state index in [4.69, 9.17) is 5.73 Å². The molecule has 1 aromatic rings. The van der Waals surface area contributed by atoms with Crippen molar-refractivity contribution in [1.29, 1.82) is 0 Å². The van der Waals surface area contributed by atoms with E-state index in [1.54, 1.807) is 0 Å². The van der Waals surface area contributed by atoms with Crippen molar-refractivity contribution in [3.63, 3.8) is 0 Å². The van der Waals surface area contributed by atoms with Gasteiger partial charge in [-0.1, -0.05) is 25.1 Å². The highest BCUT2D eigenvalue weighted by atomic mass is 15.2. The Hall–Kier alpha value is -1.64. The SMILES string of the molecule is CCC1CC(N)=NN=C1c1cccc(C)c1C. The van der Waals surface area contributed by atoms with Crippen molar-refractivity contribution >= 4 is 11.5 Å². The molecule has 17 heavy (non-hydrogen) atoms. The van der Waals surface area contributed by atoms with Crippen LogP contribution in [-0.2, 0) is 0 Å². The fourth-order valence-corrected chi connectivity index (χ4v) is 2.23. The molecule has 3 heteroatoms. The van der Waals surface area contributed by atoms with Crippen LogP contribution in [0.3, 0.4) is 0 Å². The minimum atomic E-state index is 0.396. The average molecular weight is 229 g/mol. The molecule has 1 aliphatic rings. The Morgan fingerprint density at radius 3 is 2.76 bits per heavy atom. The molecular formula is C14H19N3. The molecule has 1 heterocycles. The van der Waals surface area contributed by atoms with Crippen LogP contribution in [0.2, 0.25) is 0 Å². The first-order chi connectivity index (χ1) is 8.13. The number of benzene rings is 1. The molecule has 1 unspecified atom stereocenters. The van der Waals surface area contributed by atoms with E-state index >= 15 is 0 Å². The number of rotatable bonds is 2. The highest BCUT2D eigenvalue weighted by Crippen LogP contribution is 2.24. The first kappa shape index (κ1) is 11.8. The third-order valence-electron chi connectivity index (χ3n) is 3.50. The largest absolute Gasteiger partial charge is 0.386 e. The van der Waals surface area contributed by atoms with Gasteiger partial charge in [-0.25, -0.2) is 0 Å². The number of hydrogen-bond acceptors (Lipinski definition) is 3. The summed E-state index contributed by atoms with van der Waals surface area (Å²) in [5.41, 5.74) is 10.6. The lowest BCUT2D eigenvalue weighted by Crippen LogP contribution is -2.27. The normalized spacial score (nSPS) is 19.8. The minimum absolute atomic E-state index is 0.396. The van der Waals surface area contributed by atoms with E-state index in [0.29, 0.717) is 11.8 Å². The van der Waals surface area contributed by atoms with E-state index in [9.17, 15) is 0 Å². The standard InChI is InChI=1S/C14H19N3/c1-4-11-8-13(15)16-17-14(11)12-7-5-6-9(2)10(12)3/h5-7,11H,4,8H2,1-3H3,(H2,15,16). The van der Waals surface area contributed by atoms with Gasteiger partial charge < -0.3 is 5.73 Å². The molecule has 0 amide bonds. The average Bonchev–Trinajstić information content (AvgIpc) is 2.33. The highest BCUT2D eigenvalue weighted by Gasteiger charge is 2.22. The molecular weight excluding hydrogens is 210 g/mol. The number of aryl methyl sites for hydroxylation is 1. The van der Waals surface area contributed by atoms with E-state index in [1.807, 2.05) is 0 Å². The molecule has 1 atom stereocenters. The highest BCUT2D eigenvalue weighted by molar-refractivity contribution is 6.06. The molecule has 0 spiro atoms. The van der Waals surface area contributed by atoms with Gasteiger partial charge in [0.15, 0.2) is 0 Å². The molecule has 3 nitrogen and oxygen atoms in total. The van der Waals surface area contributed by atoms with Gasteiger partial charge in [-0.3, -0.25) is 0 Å². The second-order valence-corrected chi connectivity index (χ2v) is 4.63. The first-order valence-electron chi connectivity index (χ1n) is 6.10. The zero-order valence-electron chi connectivity index (χ0n) is 10.7. The molecule has 0 saturated heterocycles. The number of nitrogens with two attached hydrogens (primary N) is 1. The lowest BCUT2D eigenvalue weighted by Gasteiger charge is -2.21. The van der Waals surface area contributed by atoms with Gasteiger partial charge in [0, 0.05) is 17.9 Å². The van der Waals surface area contributed by atoms with Crippen molar-refractivity contribution in [2.24, 2.45) is 21.9 Å². The van der Waals surface area contributed by atoms with Gasteiger partial charge >= 0.3 is 0 Å². The van der Waals surface area contributed by atoms with Crippen molar-refractivity contribution in [2.45, 2.75) is 33.6 Å². The summed E-state index contributed by atoms with van der Waals surface area (Å²) >= 11 is 0. The molecule has 0 bridgehead atoms. The number of amidine groups is 1. The molecule has 0 aromatic heterocycles. The predicted molar refractivity (Wildman–Crippen MR) is 72.5 cm³/mol. The maximum atomic E-state index is 5.75. The molecule has 0 fully saturated rings. The van der Waals surface area contributed by atoms with Crippen molar-refractivity contribution in [2.75, 3.05) is 0 Å². The fraction of sp³-hybridized carbons (Fsp3) is 0.429. The maximum Gasteiger partial charge on any atom is 0.123 e. The van der Waals surface area contributed by atoms with Crippen LogP contribution >= 0.6 is 0 Å². The Balaban J connectivity index is 2.48. The summed E-state index contributed by atoms with van der Waals surface area (Å²) in [6, 6.07) is 6.33. The van der Waals surface area contributed by atoms with Crippen molar-refractivity contribution in [1.82, 2.24) is 0 Å². The monoisotopic (exact) mass is 229 g/mol. The van der Waals surface area contributed by atoms with Gasteiger partial charge in [-0.05, 0) is 31.4 Å². The molecule has 0 aliphatic carbocycles. The minimum Gasteiger partial charge on any atom is -0.386 e. The Kier molecular flexibility index (Phi) is 3.27. The lowest BCUT2D eigenvalue weighted by molar-refractivity contribution is 0.676. The molecule has 90 valence electrons. The zero-order valence-corrected chi connectivity index (χ0v) is 10.7. The van der Waals surface area contributed by atoms with E-state index in [2.05, 4.69) is 49.2 Å². The topological polar surface area (TPSA) is 50.7 Å². The molecule has 2 N–H and O–H groups in total. The third kappa shape index (κ3) is 2.23. The van der Waals surface area contributed by atoms with Crippen LogP contribution in [0.4, 0.5) is 0 Å². The van der Waals surface area contributed by atoms with E-state index in [0.717, 1.165) is 18.6 Å². The van der Waals surface area contributed by atoms with Gasteiger partial charge in [0.05, 0.1) is 5.71 Å². The van der Waals surface area contributed by atoms with E-state index in [-0.39, 0.29) is 0 Å². The van der Waals surface area contributed by atoms with E-state index < -0.39 is 0 Å². The predicted octanol–water partition coefficient (Wildman–Crippen LogP) is 2.79. The lowest BCUT2D eigenvalue weighted by atomic mass is 9.87. The van der Waals surface area contributed by atoms with Gasteiger partial charge in [0.2, 0.25) is 0 Å². The van der Waals surface area contributed by atoms with Crippen LogP contribution < -0.4 is 5.73 Å². The van der Waals surface area contributed by atoms with Gasteiger partial charge in [-0.2, -0.15) is 5.10 Å². The van der Waals surface area contributed by atoms with Crippen LogP contribution in [0.15, 0.2) is 28.4 Å². The zero-order chi connectivity index (χ0) is 12.4. The second kappa shape index (κ2) is 4.70. The summed E-state index contributed by atoms with van der Waals surface area (Å²) in [4.78, 5) is 0. The van der Waals surface area contributed by atoms with Crippen LogP contribution in [0.5, 0.6) is 0 Å². The Labute approximate surface area is 102 Å². The molecule has 0 radical (unpaired) electrons.